The predicted molar refractivity (Wildman–Crippen MR) is 118 cm³/mol. The smallest absolute Gasteiger partial charge is 0.191 e. The van der Waals surface area contributed by atoms with E-state index in [4.69, 9.17) is 4.74 Å². The summed E-state index contributed by atoms with van der Waals surface area (Å²) in [5.41, 5.74) is 2.30. The summed E-state index contributed by atoms with van der Waals surface area (Å²) < 4.78 is 7.27. The number of rotatable bonds is 9. The van der Waals surface area contributed by atoms with Gasteiger partial charge in [-0.15, -0.1) is 24.0 Å². The molecule has 2 N–H and O–H groups in total. The average Bonchev–Trinajstić information content (AvgIpc) is 3.18. The van der Waals surface area contributed by atoms with Gasteiger partial charge in [0.1, 0.15) is 0 Å². The van der Waals surface area contributed by atoms with E-state index in [9.17, 15) is 0 Å². The zero-order valence-corrected chi connectivity index (χ0v) is 19.0. The number of methoxy groups -OCH3 is 1. The van der Waals surface area contributed by atoms with Gasteiger partial charge < -0.3 is 15.4 Å². The number of aliphatic imine (C=N–C) groups is 1. The number of halogens is 1. The highest BCUT2D eigenvalue weighted by atomic mass is 127. The Balaban J connectivity index is 0.00000338. The second-order valence-corrected chi connectivity index (χ2v) is 6.71. The summed E-state index contributed by atoms with van der Waals surface area (Å²) in [5, 5.41) is 11.4. The van der Waals surface area contributed by atoms with Crippen LogP contribution in [0.25, 0.3) is 0 Å². The van der Waals surface area contributed by atoms with E-state index in [-0.39, 0.29) is 24.0 Å². The maximum Gasteiger partial charge on any atom is 0.191 e. The minimum absolute atomic E-state index is 0. The van der Waals surface area contributed by atoms with E-state index in [1.54, 1.807) is 7.11 Å². The lowest BCUT2D eigenvalue weighted by atomic mass is 10.2. The van der Waals surface area contributed by atoms with Crippen LogP contribution in [0.2, 0.25) is 0 Å². The lowest BCUT2D eigenvalue weighted by Gasteiger charge is -2.25. The molecule has 1 unspecified atom stereocenters. The van der Waals surface area contributed by atoms with Gasteiger partial charge in [-0.1, -0.05) is 0 Å². The second kappa shape index (κ2) is 12.5. The lowest BCUT2D eigenvalue weighted by Crippen LogP contribution is -2.45. The number of likely N-dealkylation sites (tertiary alicyclic amines) is 1. The Morgan fingerprint density at radius 2 is 2.15 bits per heavy atom. The third-order valence-corrected chi connectivity index (χ3v) is 4.75. The van der Waals surface area contributed by atoms with Crippen molar-refractivity contribution in [3.63, 3.8) is 0 Å². The van der Waals surface area contributed by atoms with Crippen LogP contribution in [0, 0.1) is 13.8 Å². The summed E-state index contributed by atoms with van der Waals surface area (Å²) in [7, 11) is 3.59. The Bertz CT molecular complexity index is 548. The molecule has 1 aliphatic rings. The zero-order chi connectivity index (χ0) is 18.1. The number of aryl methyl sites for hydroxylation is 3. The molecule has 150 valence electrons. The molecule has 0 radical (unpaired) electrons. The van der Waals surface area contributed by atoms with Crippen molar-refractivity contribution in [2.45, 2.75) is 45.7 Å². The summed E-state index contributed by atoms with van der Waals surface area (Å²) in [6, 6.07) is 2.69. The molecule has 1 saturated heterocycles. The summed E-state index contributed by atoms with van der Waals surface area (Å²) in [6.45, 7) is 9.86. The number of ether oxygens (including phenoxy) is 1. The number of hydrogen-bond acceptors (Lipinski definition) is 4. The number of aromatic nitrogens is 2. The third kappa shape index (κ3) is 7.40. The van der Waals surface area contributed by atoms with E-state index < -0.39 is 0 Å². The van der Waals surface area contributed by atoms with Crippen molar-refractivity contribution in [2.24, 2.45) is 4.99 Å². The van der Waals surface area contributed by atoms with Gasteiger partial charge in [0.15, 0.2) is 5.96 Å². The van der Waals surface area contributed by atoms with Crippen LogP contribution in [0.4, 0.5) is 0 Å². The first-order valence-corrected chi connectivity index (χ1v) is 9.32. The Labute approximate surface area is 175 Å². The van der Waals surface area contributed by atoms with E-state index in [2.05, 4.69) is 43.3 Å². The van der Waals surface area contributed by atoms with E-state index in [1.165, 1.54) is 25.1 Å². The van der Waals surface area contributed by atoms with E-state index in [1.807, 2.05) is 14.0 Å². The summed E-state index contributed by atoms with van der Waals surface area (Å²) in [5.74, 6) is 0.881. The van der Waals surface area contributed by atoms with Crippen molar-refractivity contribution in [1.82, 2.24) is 25.3 Å². The standard InChI is InChI=1S/C18H34N6O.HI/c1-15-13-16(2)24(22-15)10-6-8-20-18(19-3)21-14-17-7-5-9-23(17)11-12-25-4;/h13,17H,5-12,14H2,1-4H3,(H2,19,20,21);1H. The molecule has 2 rings (SSSR count). The van der Waals surface area contributed by atoms with Crippen LogP contribution in [-0.4, -0.2) is 73.6 Å². The van der Waals surface area contributed by atoms with Crippen molar-refractivity contribution in [3.8, 4) is 0 Å². The fraction of sp³-hybridized carbons (Fsp3) is 0.778. The summed E-state index contributed by atoms with van der Waals surface area (Å²) in [6.07, 6.45) is 3.53. The summed E-state index contributed by atoms with van der Waals surface area (Å²) in [4.78, 5) is 6.84. The molecule has 1 aromatic heterocycles. The van der Waals surface area contributed by atoms with Crippen LogP contribution in [0.1, 0.15) is 30.7 Å². The van der Waals surface area contributed by atoms with Crippen LogP contribution in [-0.2, 0) is 11.3 Å². The molecule has 1 fully saturated rings. The van der Waals surface area contributed by atoms with Gasteiger partial charge >= 0.3 is 0 Å². The van der Waals surface area contributed by atoms with Crippen LogP contribution < -0.4 is 10.6 Å². The SMILES string of the molecule is CN=C(NCCCn1nc(C)cc1C)NCC1CCCN1CCOC.I. The number of nitrogens with zero attached hydrogens (tertiary/aromatic N) is 4. The number of nitrogens with one attached hydrogen (secondary N) is 2. The van der Waals surface area contributed by atoms with Crippen LogP contribution in [0.5, 0.6) is 0 Å². The molecule has 2 heterocycles. The van der Waals surface area contributed by atoms with Crippen molar-refractivity contribution in [2.75, 3.05) is 46.9 Å². The van der Waals surface area contributed by atoms with E-state index in [0.29, 0.717) is 6.04 Å². The molecule has 1 atom stereocenters. The first kappa shape index (κ1) is 23.2. The van der Waals surface area contributed by atoms with E-state index in [0.717, 1.165) is 50.9 Å². The molecule has 1 aromatic rings. The van der Waals surface area contributed by atoms with E-state index >= 15 is 0 Å². The Morgan fingerprint density at radius 3 is 2.81 bits per heavy atom. The lowest BCUT2D eigenvalue weighted by molar-refractivity contribution is 0.141. The minimum atomic E-state index is 0. The number of guanidine groups is 1. The van der Waals surface area contributed by atoms with Gasteiger partial charge in [0.25, 0.3) is 0 Å². The Morgan fingerprint density at radius 1 is 1.35 bits per heavy atom. The molecule has 1 aliphatic heterocycles. The fourth-order valence-electron chi connectivity index (χ4n) is 3.40. The topological polar surface area (TPSA) is 66.7 Å². The maximum atomic E-state index is 5.21. The molecule has 0 bridgehead atoms. The first-order chi connectivity index (χ1) is 12.1. The van der Waals surface area contributed by atoms with Crippen LogP contribution >= 0.6 is 24.0 Å². The molecule has 8 heteroatoms. The predicted octanol–water partition coefficient (Wildman–Crippen LogP) is 1.78. The normalized spacial score (nSPS) is 18.0. The molecule has 0 aliphatic carbocycles. The van der Waals surface area contributed by atoms with Gasteiger partial charge in [-0.05, 0) is 45.7 Å². The van der Waals surface area contributed by atoms with Gasteiger partial charge in [0, 0.05) is 52.1 Å². The summed E-state index contributed by atoms with van der Waals surface area (Å²) >= 11 is 0. The van der Waals surface area contributed by atoms with Gasteiger partial charge in [-0.3, -0.25) is 14.6 Å². The Kier molecular flexibility index (Phi) is 11.1. The third-order valence-electron chi connectivity index (χ3n) is 4.75. The molecule has 26 heavy (non-hydrogen) atoms. The molecular weight excluding hydrogens is 443 g/mol. The molecule has 0 aromatic carbocycles. The molecule has 7 nitrogen and oxygen atoms in total. The maximum absolute atomic E-state index is 5.21. The van der Waals surface area contributed by atoms with Gasteiger partial charge in [-0.25, -0.2) is 0 Å². The van der Waals surface area contributed by atoms with Crippen molar-refractivity contribution < 1.29 is 4.74 Å². The fourth-order valence-corrected chi connectivity index (χ4v) is 3.40. The van der Waals surface area contributed by atoms with Gasteiger partial charge in [0.05, 0.1) is 12.3 Å². The molecule has 0 saturated carbocycles. The monoisotopic (exact) mass is 478 g/mol. The first-order valence-electron chi connectivity index (χ1n) is 9.32. The minimum Gasteiger partial charge on any atom is -0.383 e. The van der Waals surface area contributed by atoms with Gasteiger partial charge in [0.2, 0.25) is 0 Å². The molecular formula is C18H35IN6O. The van der Waals surface area contributed by atoms with Crippen LogP contribution in [0.15, 0.2) is 11.1 Å². The molecule has 0 spiro atoms. The second-order valence-electron chi connectivity index (χ2n) is 6.71. The zero-order valence-electron chi connectivity index (χ0n) is 16.6. The highest BCUT2D eigenvalue weighted by Gasteiger charge is 2.23. The number of hydrogen-bond donors (Lipinski definition) is 2. The average molecular weight is 478 g/mol. The Hall–Kier alpha value is -0.870. The van der Waals surface area contributed by atoms with Crippen molar-refractivity contribution >= 4 is 29.9 Å². The molecule has 0 amide bonds. The van der Waals surface area contributed by atoms with Gasteiger partial charge in [-0.2, -0.15) is 5.10 Å². The highest BCUT2D eigenvalue weighted by Crippen LogP contribution is 2.15. The van der Waals surface area contributed by atoms with Crippen LogP contribution in [0.3, 0.4) is 0 Å². The highest BCUT2D eigenvalue weighted by molar-refractivity contribution is 14.0. The van der Waals surface area contributed by atoms with Crippen molar-refractivity contribution in [1.29, 1.82) is 0 Å². The largest absolute Gasteiger partial charge is 0.383 e. The quantitative estimate of drug-likeness (QED) is 0.245. The van der Waals surface area contributed by atoms with Crippen molar-refractivity contribution in [3.05, 3.63) is 17.5 Å².